The first-order valence-electron chi connectivity index (χ1n) is 7.20. The Labute approximate surface area is 131 Å². The Bertz CT molecular complexity index is 474. The van der Waals surface area contributed by atoms with Crippen LogP contribution in [0.1, 0.15) is 40.0 Å². The van der Waals surface area contributed by atoms with Gasteiger partial charge in [-0.2, -0.15) is 0 Å². The maximum atomic E-state index is 10.6. The zero-order chi connectivity index (χ0) is 15.8. The van der Waals surface area contributed by atoms with Crippen molar-refractivity contribution in [3.63, 3.8) is 0 Å². The maximum absolute atomic E-state index is 10.6. The lowest BCUT2D eigenvalue weighted by Crippen LogP contribution is -2.35. The highest BCUT2D eigenvalue weighted by Crippen LogP contribution is 2.15. The van der Waals surface area contributed by atoms with Crippen molar-refractivity contribution in [2.45, 2.75) is 46.1 Å². The van der Waals surface area contributed by atoms with Crippen molar-refractivity contribution >= 4 is 28.7 Å². The summed E-state index contributed by atoms with van der Waals surface area (Å²) in [5, 5.41) is 17.4. The molecule has 0 spiro atoms. The van der Waals surface area contributed by atoms with Crippen LogP contribution in [0.3, 0.4) is 0 Å². The largest absolute Gasteiger partial charge is 0.360 e. The van der Waals surface area contributed by atoms with Crippen LogP contribution in [0.15, 0.2) is 24.3 Å². The number of anilines is 1. The molecule has 21 heavy (non-hydrogen) atoms. The SMILES string of the molecule is CC(C)CCC[C@@H](C)NC(=S)Nc1ccc([N+](=O)[O-])cc1. The van der Waals surface area contributed by atoms with E-state index in [0.717, 1.165) is 18.0 Å². The molecule has 1 aromatic rings. The number of hydrogen-bond acceptors (Lipinski definition) is 3. The summed E-state index contributed by atoms with van der Waals surface area (Å²) in [7, 11) is 0. The number of rotatable bonds is 7. The summed E-state index contributed by atoms with van der Waals surface area (Å²) in [6.45, 7) is 6.54. The van der Waals surface area contributed by atoms with Crippen molar-refractivity contribution in [2.75, 3.05) is 5.32 Å². The predicted octanol–water partition coefficient (Wildman–Crippen LogP) is 4.10. The molecule has 0 aliphatic rings. The third kappa shape index (κ3) is 7.04. The minimum Gasteiger partial charge on any atom is -0.360 e. The average molecular weight is 309 g/mol. The van der Waals surface area contributed by atoms with Crippen molar-refractivity contribution in [1.82, 2.24) is 5.32 Å². The van der Waals surface area contributed by atoms with Crippen LogP contribution in [0.25, 0.3) is 0 Å². The van der Waals surface area contributed by atoms with Gasteiger partial charge in [-0.15, -0.1) is 0 Å². The van der Waals surface area contributed by atoms with Gasteiger partial charge in [0.2, 0.25) is 0 Å². The first-order valence-corrected chi connectivity index (χ1v) is 7.61. The zero-order valence-electron chi connectivity index (χ0n) is 12.8. The minimum absolute atomic E-state index is 0.0708. The molecule has 0 aliphatic heterocycles. The van der Waals surface area contributed by atoms with Gasteiger partial charge < -0.3 is 10.6 Å². The van der Waals surface area contributed by atoms with Gasteiger partial charge in [-0.3, -0.25) is 10.1 Å². The molecule has 0 aliphatic carbocycles. The minimum atomic E-state index is -0.419. The van der Waals surface area contributed by atoms with Crippen LogP contribution in [0.4, 0.5) is 11.4 Å². The van der Waals surface area contributed by atoms with Crippen LogP contribution < -0.4 is 10.6 Å². The van der Waals surface area contributed by atoms with E-state index in [9.17, 15) is 10.1 Å². The maximum Gasteiger partial charge on any atom is 0.269 e. The molecule has 0 amide bonds. The van der Waals surface area contributed by atoms with Crippen molar-refractivity contribution in [3.8, 4) is 0 Å². The van der Waals surface area contributed by atoms with E-state index in [4.69, 9.17) is 12.2 Å². The Balaban J connectivity index is 2.37. The van der Waals surface area contributed by atoms with Crippen LogP contribution in [-0.2, 0) is 0 Å². The molecule has 0 fully saturated rings. The second-order valence-corrected chi connectivity index (χ2v) is 6.04. The average Bonchev–Trinajstić information content (AvgIpc) is 2.38. The number of thiocarbonyl (C=S) groups is 1. The van der Waals surface area contributed by atoms with Crippen LogP contribution in [-0.4, -0.2) is 16.1 Å². The van der Waals surface area contributed by atoms with E-state index in [1.165, 1.54) is 25.0 Å². The number of benzene rings is 1. The van der Waals surface area contributed by atoms with Crippen molar-refractivity contribution < 1.29 is 4.92 Å². The number of nitro groups is 1. The topological polar surface area (TPSA) is 67.2 Å². The summed E-state index contributed by atoms with van der Waals surface area (Å²) in [5.41, 5.74) is 0.814. The first kappa shape index (κ1) is 17.4. The summed E-state index contributed by atoms with van der Waals surface area (Å²) < 4.78 is 0. The number of non-ortho nitro benzene ring substituents is 1. The summed E-state index contributed by atoms with van der Waals surface area (Å²) in [5.74, 6) is 0.724. The summed E-state index contributed by atoms with van der Waals surface area (Å²) >= 11 is 5.24. The lowest BCUT2D eigenvalue weighted by Gasteiger charge is -2.17. The molecule has 2 N–H and O–H groups in total. The van der Waals surface area contributed by atoms with E-state index < -0.39 is 4.92 Å². The van der Waals surface area contributed by atoms with Crippen LogP contribution in [0.5, 0.6) is 0 Å². The van der Waals surface area contributed by atoms with Gasteiger partial charge in [0.05, 0.1) is 4.92 Å². The van der Waals surface area contributed by atoms with Gasteiger partial charge in [-0.05, 0) is 43.6 Å². The first-order chi connectivity index (χ1) is 9.88. The molecule has 116 valence electrons. The highest BCUT2D eigenvalue weighted by molar-refractivity contribution is 7.80. The molecule has 0 bridgehead atoms. The van der Waals surface area contributed by atoms with Gasteiger partial charge in [0, 0.05) is 23.9 Å². The van der Waals surface area contributed by atoms with Crippen LogP contribution in [0.2, 0.25) is 0 Å². The van der Waals surface area contributed by atoms with Gasteiger partial charge in [0.1, 0.15) is 0 Å². The van der Waals surface area contributed by atoms with Gasteiger partial charge >= 0.3 is 0 Å². The highest BCUT2D eigenvalue weighted by Gasteiger charge is 2.07. The smallest absolute Gasteiger partial charge is 0.269 e. The number of nitrogens with zero attached hydrogens (tertiary/aromatic N) is 1. The lowest BCUT2D eigenvalue weighted by atomic mass is 10.0. The van der Waals surface area contributed by atoms with Gasteiger partial charge in [0.25, 0.3) is 5.69 Å². The molecule has 1 rings (SSSR count). The summed E-state index contributed by atoms with van der Waals surface area (Å²) in [6.07, 6.45) is 3.46. The molecule has 0 heterocycles. The second-order valence-electron chi connectivity index (χ2n) is 5.63. The molecule has 0 unspecified atom stereocenters. The number of hydrogen-bond donors (Lipinski definition) is 2. The van der Waals surface area contributed by atoms with E-state index in [1.807, 2.05) is 0 Å². The molecule has 0 radical (unpaired) electrons. The van der Waals surface area contributed by atoms with Crippen molar-refractivity contribution in [1.29, 1.82) is 0 Å². The molecule has 1 atom stereocenters. The fraction of sp³-hybridized carbons (Fsp3) is 0.533. The van der Waals surface area contributed by atoms with E-state index >= 15 is 0 Å². The van der Waals surface area contributed by atoms with Crippen LogP contribution >= 0.6 is 12.2 Å². The standard InChI is InChI=1S/C15H23N3O2S/c1-11(2)5-4-6-12(3)16-15(21)17-13-7-9-14(10-8-13)18(19)20/h7-12H,4-6H2,1-3H3,(H2,16,17,21)/t12-/m1/s1. The third-order valence-electron chi connectivity index (χ3n) is 3.13. The number of nitrogens with one attached hydrogen (secondary N) is 2. The Morgan fingerprint density at radius 1 is 1.24 bits per heavy atom. The van der Waals surface area contributed by atoms with Gasteiger partial charge in [-0.1, -0.05) is 26.7 Å². The number of nitro benzene ring substituents is 1. The van der Waals surface area contributed by atoms with E-state index in [1.54, 1.807) is 12.1 Å². The Kier molecular flexibility index (Phi) is 7.08. The van der Waals surface area contributed by atoms with Crippen molar-refractivity contribution in [3.05, 3.63) is 34.4 Å². The normalized spacial score (nSPS) is 12.0. The fourth-order valence-corrected chi connectivity index (χ4v) is 2.28. The molecular weight excluding hydrogens is 286 g/mol. The second kappa shape index (κ2) is 8.56. The van der Waals surface area contributed by atoms with Gasteiger partial charge in [0.15, 0.2) is 5.11 Å². The molecule has 0 saturated carbocycles. The van der Waals surface area contributed by atoms with E-state index in [2.05, 4.69) is 31.4 Å². The fourth-order valence-electron chi connectivity index (χ4n) is 1.96. The van der Waals surface area contributed by atoms with Crippen LogP contribution in [0, 0.1) is 16.0 Å². The van der Waals surface area contributed by atoms with E-state index in [-0.39, 0.29) is 5.69 Å². The third-order valence-corrected chi connectivity index (χ3v) is 3.35. The van der Waals surface area contributed by atoms with Crippen molar-refractivity contribution in [2.24, 2.45) is 5.92 Å². The Morgan fingerprint density at radius 2 is 1.86 bits per heavy atom. The quantitative estimate of drug-likeness (QED) is 0.451. The van der Waals surface area contributed by atoms with Gasteiger partial charge in [-0.25, -0.2) is 0 Å². The molecule has 6 heteroatoms. The predicted molar refractivity (Wildman–Crippen MR) is 90.6 cm³/mol. The Hall–Kier alpha value is -1.69. The molecule has 0 saturated heterocycles. The zero-order valence-corrected chi connectivity index (χ0v) is 13.6. The monoisotopic (exact) mass is 309 g/mol. The van der Waals surface area contributed by atoms with E-state index in [0.29, 0.717) is 11.2 Å². The summed E-state index contributed by atoms with van der Waals surface area (Å²) in [6, 6.07) is 6.51. The molecule has 0 aromatic heterocycles. The molecule has 5 nitrogen and oxygen atoms in total. The molecule has 1 aromatic carbocycles. The molecular formula is C15H23N3O2S. The summed E-state index contributed by atoms with van der Waals surface area (Å²) in [4.78, 5) is 10.2. The highest BCUT2D eigenvalue weighted by atomic mass is 32.1. The Morgan fingerprint density at radius 3 is 2.38 bits per heavy atom. The lowest BCUT2D eigenvalue weighted by molar-refractivity contribution is -0.384.